The van der Waals surface area contributed by atoms with Crippen LogP contribution in [0.3, 0.4) is 0 Å². The summed E-state index contributed by atoms with van der Waals surface area (Å²) in [6.45, 7) is 0. The smallest absolute Gasteiger partial charge is 0.128 e. The molecule has 0 unspecified atom stereocenters. The quantitative estimate of drug-likeness (QED) is 0.575. The van der Waals surface area contributed by atoms with E-state index in [-0.39, 0.29) is 0 Å². The molecule has 0 N–H and O–H groups in total. The maximum atomic E-state index is 4.69. The van der Waals surface area contributed by atoms with Crippen LogP contribution >= 0.6 is 11.9 Å². The minimum absolute atomic E-state index is 0.880. The Morgan fingerprint density at radius 2 is 2.60 bits per heavy atom. The van der Waals surface area contributed by atoms with Crippen LogP contribution in [-0.4, -0.2) is 16.6 Å². The molecule has 0 aromatic carbocycles. The van der Waals surface area contributed by atoms with Gasteiger partial charge in [0.25, 0.3) is 0 Å². The molecule has 0 aliphatic carbocycles. The monoisotopic (exact) mass is 154 g/mol. The molecular weight excluding hydrogens is 148 g/mol. The van der Waals surface area contributed by atoms with Crippen molar-refractivity contribution in [2.45, 2.75) is 6.42 Å². The molecule has 0 fully saturated rings. The first-order chi connectivity index (χ1) is 4.97. The number of aromatic nitrogens is 1. The highest BCUT2D eigenvalue weighted by molar-refractivity contribution is 7.98. The molecule has 2 rings (SSSR count). The number of rotatable bonds is 1. The van der Waals surface area contributed by atoms with Crippen LogP contribution in [0.25, 0.3) is 0 Å². The molecule has 1 aliphatic heterocycles. The lowest BCUT2D eigenvalue weighted by Gasteiger charge is -1.86. The lowest BCUT2D eigenvalue weighted by Crippen LogP contribution is -1.96. The van der Waals surface area contributed by atoms with Gasteiger partial charge in [-0.05, 0) is 11.9 Å². The minimum atomic E-state index is 0.880. The van der Waals surface area contributed by atoms with Gasteiger partial charge in [0.05, 0.1) is 5.71 Å². The second-order valence-corrected chi connectivity index (χ2v) is 2.85. The second kappa shape index (κ2) is 2.46. The fourth-order valence-electron chi connectivity index (χ4n) is 0.848. The third kappa shape index (κ3) is 0.945. The summed E-state index contributed by atoms with van der Waals surface area (Å²) >= 11 is 1.59. The van der Waals surface area contributed by atoms with Crippen molar-refractivity contribution in [3.63, 3.8) is 0 Å². The molecule has 0 bridgehead atoms. The standard InChI is InChI=1S/C6H6N2OS/c1-3-9-7-5(1)6-2-4-10-8-6/h1,3H,2,4H2. The van der Waals surface area contributed by atoms with Gasteiger partial charge in [-0.3, -0.25) is 0 Å². The molecular formula is C6H6N2OS. The van der Waals surface area contributed by atoms with Gasteiger partial charge in [-0.2, -0.15) is 0 Å². The SMILES string of the molecule is c1cc(C2=NSCC2)no1. The fraction of sp³-hybridized carbons (Fsp3) is 0.333. The van der Waals surface area contributed by atoms with Crippen LogP contribution < -0.4 is 0 Å². The van der Waals surface area contributed by atoms with Crippen LogP contribution in [0.1, 0.15) is 12.1 Å². The van der Waals surface area contributed by atoms with Crippen molar-refractivity contribution in [3.8, 4) is 0 Å². The van der Waals surface area contributed by atoms with Gasteiger partial charge in [0.15, 0.2) is 0 Å². The molecule has 3 nitrogen and oxygen atoms in total. The highest BCUT2D eigenvalue weighted by atomic mass is 32.2. The largest absolute Gasteiger partial charge is 0.364 e. The first kappa shape index (κ1) is 5.97. The first-order valence-electron chi connectivity index (χ1n) is 3.06. The summed E-state index contributed by atoms with van der Waals surface area (Å²) in [6, 6.07) is 1.84. The first-order valence-corrected chi connectivity index (χ1v) is 4.00. The predicted octanol–water partition coefficient (Wildman–Crippen LogP) is 1.52. The third-order valence-electron chi connectivity index (χ3n) is 1.34. The molecule has 2 heterocycles. The van der Waals surface area contributed by atoms with Crippen molar-refractivity contribution >= 4 is 17.7 Å². The Hall–Kier alpha value is -0.770. The van der Waals surface area contributed by atoms with Crippen LogP contribution in [-0.2, 0) is 0 Å². The second-order valence-electron chi connectivity index (χ2n) is 2.01. The molecule has 52 valence electrons. The molecule has 0 saturated carbocycles. The third-order valence-corrected chi connectivity index (χ3v) is 2.07. The van der Waals surface area contributed by atoms with Gasteiger partial charge in [-0.15, -0.1) is 0 Å². The average molecular weight is 154 g/mol. The summed E-state index contributed by atoms with van der Waals surface area (Å²) in [4.78, 5) is 0. The molecule has 0 spiro atoms. The van der Waals surface area contributed by atoms with Crippen molar-refractivity contribution in [3.05, 3.63) is 18.0 Å². The molecule has 0 atom stereocenters. The summed E-state index contributed by atoms with van der Waals surface area (Å²) in [5.74, 6) is 1.07. The molecule has 0 amide bonds. The van der Waals surface area contributed by atoms with E-state index in [0.717, 1.165) is 23.6 Å². The Kier molecular flexibility index (Phi) is 1.47. The molecule has 1 aromatic heterocycles. The molecule has 1 aliphatic rings. The van der Waals surface area contributed by atoms with Gasteiger partial charge >= 0.3 is 0 Å². The van der Waals surface area contributed by atoms with Gasteiger partial charge in [0.1, 0.15) is 12.0 Å². The van der Waals surface area contributed by atoms with E-state index >= 15 is 0 Å². The van der Waals surface area contributed by atoms with E-state index in [4.69, 9.17) is 0 Å². The van der Waals surface area contributed by atoms with Crippen LogP contribution in [0, 0.1) is 0 Å². The number of nitrogens with zero attached hydrogens (tertiary/aromatic N) is 2. The van der Waals surface area contributed by atoms with Crippen LogP contribution in [0.2, 0.25) is 0 Å². The maximum absolute atomic E-state index is 4.69. The number of hydrogen-bond acceptors (Lipinski definition) is 4. The summed E-state index contributed by atoms with van der Waals surface area (Å²) < 4.78 is 8.88. The van der Waals surface area contributed by atoms with E-state index in [1.165, 1.54) is 0 Å². The van der Waals surface area contributed by atoms with Crippen molar-refractivity contribution in [2.24, 2.45) is 4.40 Å². The Bertz CT molecular complexity index is 242. The molecule has 4 heteroatoms. The zero-order valence-corrected chi connectivity index (χ0v) is 6.10. The molecule has 10 heavy (non-hydrogen) atoms. The number of hydrogen-bond donors (Lipinski definition) is 0. The van der Waals surface area contributed by atoms with E-state index in [9.17, 15) is 0 Å². The normalized spacial score (nSPS) is 17.4. The van der Waals surface area contributed by atoms with E-state index in [1.807, 2.05) is 6.07 Å². The molecule has 0 saturated heterocycles. The summed E-state index contributed by atoms with van der Waals surface area (Å²) in [5, 5.41) is 3.78. The predicted molar refractivity (Wildman–Crippen MR) is 40.1 cm³/mol. The van der Waals surface area contributed by atoms with Crippen molar-refractivity contribution in [1.29, 1.82) is 0 Å². The van der Waals surface area contributed by atoms with Gasteiger partial charge < -0.3 is 4.52 Å². The molecule has 0 radical (unpaired) electrons. The highest BCUT2D eigenvalue weighted by Crippen LogP contribution is 2.18. The van der Waals surface area contributed by atoms with E-state index in [1.54, 1.807) is 18.2 Å². The van der Waals surface area contributed by atoms with Crippen molar-refractivity contribution in [2.75, 3.05) is 5.75 Å². The molecule has 1 aromatic rings. The van der Waals surface area contributed by atoms with Crippen LogP contribution in [0.5, 0.6) is 0 Å². The summed E-state index contributed by atoms with van der Waals surface area (Å²) in [7, 11) is 0. The Labute approximate surface area is 62.6 Å². The fourth-order valence-corrected chi connectivity index (χ4v) is 1.56. The topological polar surface area (TPSA) is 38.4 Å². The van der Waals surface area contributed by atoms with E-state index in [2.05, 4.69) is 14.1 Å². The lowest BCUT2D eigenvalue weighted by molar-refractivity contribution is 0.418. The van der Waals surface area contributed by atoms with Crippen LogP contribution in [0.4, 0.5) is 0 Å². The Morgan fingerprint density at radius 1 is 1.60 bits per heavy atom. The van der Waals surface area contributed by atoms with E-state index in [0.29, 0.717) is 0 Å². The summed E-state index contributed by atoms with van der Waals surface area (Å²) in [6.07, 6.45) is 2.58. The average Bonchev–Trinajstić information content (AvgIpc) is 2.59. The zero-order chi connectivity index (χ0) is 6.81. The van der Waals surface area contributed by atoms with Gasteiger partial charge in [-0.25, -0.2) is 4.40 Å². The van der Waals surface area contributed by atoms with Gasteiger partial charge in [-0.1, -0.05) is 5.16 Å². The van der Waals surface area contributed by atoms with Crippen molar-refractivity contribution in [1.82, 2.24) is 5.16 Å². The summed E-state index contributed by atoms with van der Waals surface area (Å²) in [5.41, 5.74) is 1.93. The zero-order valence-electron chi connectivity index (χ0n) is 5.28. The van der Waals surface area contributed by atoms with Crippen LogP contribution in [0.15, 0.2) is 21.3 Å². The van der Waals surface area contributed by atoms with Gasteiger partial charge in [0.2, 0.25) is 0 Å². The Morgan fingerprint density at radius 3 is 3.20 bits per heavy atom. The Balaban J connectivity index is 2.28. The maximum Gasteiger partial charge on any atom is 0.128 e. The van der Waals surface area contributed by atoms with E-state index < -0.39 is 0 Å². The lowest BCUT2D eigenvalue weighted by atomic mass is 10.2. The minimum Gasteiger partial charge on any atom is -0.364 e. The highest BCUT2D eigenvalue weighted by Gasteiger charge is 2.11. The van der Waals surface area contributed by atoms with Gasteiger partial charge in [0, 0.05) is 18.2 Å². The van der Waals surface area contributed by atoms with Crippen molar-refractivity contribution < 1.29 is 4.52 Å².